The van der Waals surface area contributed by atoms with Crippen LogP contribution in [0.3, 0.4) is 0 Å². The zero-order chi connectivity index (χ0) is 13.6. The van der Waals surface area contributed by atoms with Gasteiger partial charge in [0.25, 0.3) is 0 Å². The molecule has 0 radical (unpaired) electrons. The fourth-order valence-electron chi connectivity index (χ4n) is 1.62. The number of nitrogens with one attached hydrogen (secondary N) is 2. The van der Waals surface area contributed by atoms with Gasteiger partial charge >= 0.3 is 0 Å². The SMILES string of the molecule is CC(C)(C)NCCNCCc1cccc(F)c1F. The van der Waals surface area contributed by atoms with Gasteiger partial charge in [-0.05, 0) is 45.4 Å². The molecule has 0 fully saturated rings. The first kappa shape index (κ1) is 15.1. The van der Waals surface area contributed by atoms with Crippen molar-refractivity contribution in [3.8, 4) is 0 Å². The second-order valence-electron chi connectivity index (χ2n) is 5.39. The molecule has 0 atom stereocenters. The third-order valence-electron chi connectivity index (χ3n) is 2.56. The maximum Gasteiger partial charge on any atom is 0.162 e. The van der Waals surface area contributed by atoms with Crippen molar-refractivity contribution in [3.63, 3.8) is 0 Å². The molecule has 0 aliphatic heterocycles. The van der Waals surface area contributed by atoms with Crippen molar-refractivity contribution >= 4 is 0 Å². The molecule has 1 rings (SSSR count). The summed E-state index contributed by atoms with van der Waals surface area (Å²) in [5, 5.41) is 6.55. The zero-order valence-corrected chi connectivity index (χ0v) is 11.3. The zero-order valence-electron chi connectivity index (χ0n) is 11.3. The van der Waals surface area contributed by atoms with Gasteiger partial charge < -0.3 is 10.6 Å². The predicted octanol–water partition coefficient (Wildman–Crippen LogP) is 2.49. The maximum atomic E-state index is 13.3. The van der Waals surface area contributed by atoms with Gasteiger partial charge in [0.1, 0.15) is 0 Å². The predicted molar refractivity (Wildman–Crippen MR) is 70.7 cm³/mol. The van der Waals surface area contributed by atoms with Gasteiger partial charge in [0.2, 0.25) is 0 Å². The van der Waals surface area contributed by atoms with E-state index in [2.05, 4.69) is 31.4 Å². The van der Waals surface area contributed by atoms with Crippen LogP contribution in [0.4, 0.5) is 8.78 Å². The lowest BCUT2D eigenvalue weighted by Crippen LogP contribution is -2.40. The Kier molecular flexibility index (Phi) is 5.69. The van der Waals surface area contributed by atoms with Gasteiger partial charge in [-0.2, -0.15) is 0 Å². The quantitative estimate of drug-likeness (QED) is 0.764. The van der Waals surface area contributed by atoms with Crippen LogP contribution in [-0.4, -0.2) is 25.2 Å². The van der Waals surface area contributed by atoms with Crippen LogP contribution in [0.1, 0.15) is 26.3 Å². The van der Waals surface area contributed by atoms with E-state index in [0.29, 0.717) is 18.5 Å². The van der Waals surface area contributed by atoms with Crippen molar-refractivity contribution in [2.45, 2.75) is 32.7 Å². The number of hydrogen-bond acceptors (Lipinski definition) is 2. The number of halogens is 2. The molecule has 0 bridgehead atoms. The molecule has 0 heterocycles. The minimum Gasteiger partial charge on any atom is -0.315 e. The van der Waals surface area contributed by atoms with E-state index in [4.69, 9.17) is 0 Å². The van der Waals surface area contributed by atoms with Gasteiger partial charge in [0.15, 0.2) is 11.6 Å². The monoisotopic (exact) mass is 256 g/mol. The molecule has 0 unspecified atom stereocenters. The van der Waals surface area contributed by atoms with Crippen LogP contribution in [0.5, 0.6) is 0 Å². The van der Waals surface area contributed by atoms with Crippen molar-refractivity contribution in [1.29, 1.82) is 0 Å². The molecule has 1 aromatic carbocycles. The van der Waals surface area contributed by atoms with E-state index in [1.54, 1.807) is 6.07 Å². The van der Waals surface area contributed by atoms with Gasteiger partial charge in [0.05, 0.1) is 0 Å². The average Bonchev–Trinajstić information content (AvgIpc) is 2.27. The largest absolute Gasteiger partial charge is 0.315 e. The average molecular weight is 256 g/mol. The molecule has 4 heteroatoms. The van der Waals surface area contributed by atoms with Crippen LogP contribution in [0.25, 0.3) is 0 Å². The van der Waals surface area contributed by atoms with Crippen LogP contribution >= 0.6 is 0 Å². The molecule has 0 saturated heterocycles. The minimum atomic E-state index is -0.776. The highest BCUT2D eigenvalue weighted by Crippen LogP contribution is 2.11. The molecule has 0 aromatic heterocycles. The topological polar surface area (TPSA) is 24.1 Å². The summed E-state index contributed by atoms with van der Waals surface area (Å²) in [6.45, 7) is 8.63. The Bertz CT molecular complexity index is 373. The minimum absolute atomic E-state index is 0.107. The first-order valence-corrected chi connectivity index (χ1v) is 6.29. The van der Waals surface area contributed by atoms with E-state index >= 15 is 0 Å². The Morgan fingerprint density at radius 3 is 2.44 bits per heavy atom. The number of hydrogen-bond donors (Lipinski definition) is 2. The van der Waals surface area contributed by atoms with Crippen molar-refractivity contribution in [2.75, 3.05) is 19.6 Å². The van der Waals surface area contributed by atoms with Crippen LogP contribution in [0, 0.1) is 11.6 Å². The van der Waals surface area contributed by atoms with Crippen LogP contribution < -0.4 is 10.6 Å². The van der Waals surface area contributed by atoms with Crippen molar-refractivity contribution in [1.82, 2.24) is 10.6 Å². The second kappa shape index (κ2) is 6.81. The normalized spacial score (nSPS) is 11.8. The highest BCUT2D eigenvalue weighted by Gasteiger charge is 2.08. The van der Waals surface area contributed by atoms with E-state index < -0.39 is 11.6 Å². The molecule has 18 heavy (non-hydrogen) atoms. The van der Waals surface area contributed by atoms with Gasteiger partial charge in [-0.25, -0.2) is 8.78 Å². The summed E-state index contributed by atoms with van der Waals surface area (Å²) in [4.78, 5) is 0. The molecule has 0 spiro atoms. The molecular formula is C14H22F2N2. The van der Waals surface area contributed by atoms with E-state index in [1.165, 1.54) is 6.07 Å². The van der Waals surface area contributed by atoms with Gasteiger partial charge in [-0.3, -0.25) is 0 Å². The molecule has 102 valence electrons. The summed E-state index contributed by atoms with van der Waals surface area (Å²) < 4.78 is 26.3. The third-order valence-corrected chi connectivity index (χ3v) is 2.56. The van der Waals surface area contributed by atoms with Crippen LogP contribution in [-0.2, 0) is 6.42 Å². The van der Waals surface area contributed by atoms with Crippen LogP contribution in [0.2, 0.25) is 0 Å². The van der Waals surface area contributed by atoms with E-state index in [-0.39, 0.29) is 5.54 Å². The highest BCUT2D eigenvalue weighted by molar-refractivity contribution is 5.19. The lowest BCUT2D eigenvalue weighted by molar-refractivity contribution is 0.421. The lowest BCUT2D eigenvalue weighted by Gasteiger charge is -2.20. The summed E-state index contributed by atoms with van der Waals surface area (Å²) in [7, 11) is 0. The van der Waals surface area contributed by atoms with E-state index in [9.17, 15) is 8.78 Å². The number of benzene rings is 1. The molecule has 0 aliphatic rings. The molecule has 0 amide bonds. The molecule has 2 nitrogen and oxygen atoms in total. The van der Waals surface area contributed by atoms with Crippen LogP contribution in [0.15, 0.2) is 18.2 Å². The third kappa shape index (κ3) is 5.56. The Labute approximate surface area is 108 Å². The van der Waals surface area contributed by atoms with Crippen molar-refractivity contribution in [2.24, 2.45) is 0 Å². The second-order valence-corrected chi connectivity index (χ2v) is 5.39. The van der Waals surface area contributed by atoms with Crippen molar-refractivity contribution in [3.05, 3.63) is 35.4 Å². The molecule has 1 aromatic rings. The molecule has 0 aliphatic carbocycles. The number of rotatable bonds is 6. The Morgan fingerprint density at radius 1 is 1.06 bits per heavy atom. The summed E-state index contributed by atoms with van der Waals surface area (Å²) in [5.41, 5.74) is 0.530. The van der Waals surface area contributed by atoms with Gasteiger partial charge in [-0.1, -0.05) is 12.1 Å². The summed E-state index contributed by atoms with van der Waals surface area (Å²) in [6, 6.07) is 4.29. The lowest BCUT2D eigenvalue weighted by atomic mass is 10.1. The molecule has 0 saturated carbocycles. The smallest absolute Gasteiger partial charge is 0.162 e. The Balaban J connectivity index is 2.20. The van der Waals surface area contributed by atoms with Crippen molar-refractivity contribution < 1.29 is 8.78 Å². The highest BCUT2D eigenvalue weighted by atomic mass is 19.2. The maximum absolute atomic E-state index is 13.3. The summed E-state index contributed by atoms with van der Waals surface area (Å²) in [6.07, 6.45) is 0.499. The van der Waals surface area contributed by atoms with Gasteiger partial charge in [0, 0.05) is 18.6 Å². The first-order valence-electron chi connectivity index (χ1n) is 6.29. The summed E-state index contributed by atoms with van der Waals surface area (Å²) >= 11 is 0. The Hall–Kier alpha value is -1.00. The van der Waals surface area contributed by atoms with Gasteiger partial charge in [-0.15, -0.1) is 0 Å². The first-order chi connectivity index (χ1) is 8.40. The van der Waals surface area contributed by atoms with E-state index in [1.807, 2.05) is 0 Å². The Morgan fingerprint density at radius 2 is 1.78 bits per heavy atom. The fraction of sp³-hybridized carbons (Fsp3) is 0.571. The molecule has 2 N–H and O–H groups in total. The standard InChI is InChI=1S/C14H22F2N2/c1-14(2,3)18-10-9-17-8-7-11-5-4-6-12(15)13(11)16/h4-6,17-18H,7-10H2,1-3H3. The van der Waals surface area contributed by atoms with E-state index in [0.717, 1.165) is 19.2 Å². The molecular weight excluding hydrogens is 234 g/mol. The fourth-order valence-corrected chi connectivity index (χ4v) is 1.62. The summed E-state index contributed by atoms with van der Waals surface area (Å²) in [5.74, 6) is -1.51.